The fourth-order valence-electron chi connectivity index (χ4n) is 2.55. The summed E-state index contributed by atoms with van der Waals surface area (Å²) < 4.78 is 3.10. The molecule has 104 valence electrons. The van der Waals surface area contributed by atoms with Gasteiger partial charge in [0.05, 0.1) is 11.2 Å². The van der Waals surface area contributed by atoms with Gasteiger partial charge in [0, 0.05) is 24.2 Å². The first-order chi connectivity index (χ1) is 10.1. The van der Waals surface area contributed by atoms with Crippen molar-refractivity contribution in [3.63, 3.8) is 0 Å². The Kier molecular flexibility index (Phi) is 2.26. The first-order valence-electron chi connectivity index (χ1n) is 6.51. The Bertz CT molecular complexity index is 1040. The molecule has 1 N–H and O–H groups in total. The molecular formula is C14H12N6O. The molecule has 0 amide bonds. The van der Waals surface area contributed by atoms with Gasteiger partial charge in [0.15, 0.2) is 5.65 Å². The third-order valence-corrected chi connectivity index (χ3v) is 3.52. The van der Waals surface area contributed by atoms with Crippen LogP contribution in [0.2, 0.25) is 0 Å². The fourth-order valence-corrected chi connectivity index (χ4v) is 2.55. The highest BCUT2D eigenvalue weighted by atomic mass is 16.1. The van der Waals surface area contributed by atoms with Crippen molar-refractivity contribution in [2.75, 3.05) is 0 Å². The summed E-state index contributed by atoms with van der Waals surface area (Å²) in [6.45, 7) is 1.77. The molecular weight excluding hydrogens is 268 g/mol. The van der Waals surface area contributed by atoms with E-state index in [2.05, 4.69) is 20.2 Å². The van der Waals surface area contributed by atoms with E-state index in [1.807, 2.05) is 31.3 Å². The van der Waals surface area contributed by atoms with Crippen LogP contribution in [0.5, 0.6) is 0 Å². The van der Waals surface area contributed by atoms with Crippen molar-refractivity contribution in [1.82, 2.24) is 29.4 Å². The van der Waals surface area contributed by atoms with Gasteiger partial charge in [0.1, 0.15) is 5.82 Å². The minimum Gasteiger partial charge on any atom is -0.305 e. The lowest BCUT2D eigenvalue weighted by Crippen LogP contribution is -2.17. The Hall–Kier alpha value is -2.96. The smallest absolute Gasteiger partial charge is 0.305 e. The van der Waals surface area contributed by atoms with Gasteiger partial charge in [-0.15, -0.1) is 5.10 Å². The van der Waals surface area contributed by atoms with E-state index in [-0.39, 0.29) is 5.69 Å². The molecule has 0 radical (unpaired) electrons. The van der Waals surface area contributed by atoms with Gasteiger partial charge >= 0.3 is 5.69 Å². The van der Waals surface area contributed by atoms with Crippen LogP contribution in [-0.4, -0.2) is 29.4 Å². The van der Waals surface area contributed by atoms with E-state index < -0.39 is 0 Å². The number of nitrogens with zero attached hydrogens (tertiary/aromatic N) is 5. The SMILES string of the molecule is Cc1nc2c3cc(-c4ccnn4C)ccc3[nH]c(=O)n2n1. The highest BCUT2D eigenvalue weighted by molar-refractivity contribution is 5.93. The maximum absolute atomic E-state index is 12.0. The summed E-state index contributed by atoms with van der Waals surface area (Å²) >= 11 is 0. The second-order valence-electron chi connectivity index (χ2n) is 4.92. The van der Waals surface area contributed by atoms with E-state index in [0.29, 0.717) is 11.5 Å². The number of fused-ring (bicyclic) bond motifs is 3. The summed E-state index contributed by atoms with van der Waals surface area (Å²) in [6.07, 6.45) is 1.75. The number of hydrogen-bond donors (Lipinski definition) is 1. The van der Waals surface area contributed by atoms with Gasteiger partial charge in [-0.1, -0.05) is 6.07 Å². The van der Waals surface area contributed by atoms with E-state index in [4.69, 9.17) is 0 Å². The molecule has 0 atom stereocenters. The average molecular weight is 280 g/mol. The first kappa shape index (κ1) is 11.8. The van der Waals surface area contributed by atoms with Crippen molar-refractivity contribution in [1.29, 1.82) is 0 Å². The number of nitrogens with one attached hydrogen (secondary N) is 1. The molecule has 0 saturated heterocycles. The van der Waals surface area contributed by atoms with Crippen molar-refractivity contribution in [2.45, 2.75) is 6.92 Å². The number of benzene rings is 1. The van der Waals surface area contributed by atoms with Crippen molar-refractivity contribution < 1.29 is 0 Å². The maximum Gasteiger partial charge on any atom is 0.348 e. The quantitative estimate of drug-likeness (QED) is 0.569. The standard InChI is InChI=1S/C14H12N6O/c1-8-16-13-10-7-9(12-5-6-15-19(12)2)3-4-11(10)17-14(21)20(13)18-8/h3-7H,1-2H3,(H,17,21). The molecule has 3 heterocycles. The molecule has 21 heavy (non-hydrogen) atoms. The highest BCUT2D eigenvalue weighted by Crippen LogP contribution is 2.24. The molecule has 3 aromatic heterocycles. The van der Waals surface area contributed by atoms with Crippen LogP contribution < -0.4 is 5.69 Å². The molecule has 7 nitrogen and oxygen atoms in total. The van der Waals surface area contributed by atoms with Gasteiger partial charge in [-0.2, -0.15) is 9.61 Å². The van der Waals surface area contributed by atoms with E-state index in [1.165, 1.54) is 4.52 Å². The topological polar surface area (TPSA) is 80.9 Å². The van der Waals surface area contributed by atoms with E-state index in [9.17, 15) is 4.79 Å². The summed E-state index contributed by atoms with van der Waals surface area (Å²) in [7, 11) is 1.89. The molecule has 4 rings (SSSR count). The maximum atomic E-state index is 12.0. The van der Waals surface area contributed by atoms with Crippen molar-refractivity contribution in [3.8, 4) is 11.3 Å². The molecule has 4 aromatic rings. The minimum atomic E-state index is -0.286. The summed E-state index contributed by atoms with van der Waals surface area (Å²) in [5, 5.41) is 9.15. The fraction of sp³-hybridized carbons (Fsp3) is 0.143. The monoisotopic (exact) mass is 280 g/mol. The molecule has 0 unspecified atom stereocenters. The predicted octanol–water partition coefficient (Wildman–Crippen LogP) is 1.28. The van der Waals surface area contributed by atoms with Crippen LogP contribution >= 0.6 is 0 Å². The van der Waals surface area contributed by atoms with Crippen LogP contribution in [0.1, 0.15) is 5.82 Å². The predicted molar refractivity (Wildman–Crippen MR) is 78.1 cm³/mol. The Labute approximate surface area is 118 Å². The summed E-state index contributed by atoms with van der Waals surface area (Å²) in [6, 6.07) is 7.77. The second-order valence-corrected chi connectivity index (χ2v) is 4.92. The van der Waals surface area contributed by atoms with Gasteiger partial charge in [0.2, 0.25) is 0 Å². The molecule has 0 fully saturated rings. The summed E-state index contributed by atoms with van der Waals surface area (Å²) in [4.78, 5) is 19.1. The number of aromatic amines is 1. The zero-order chi connectivity index (χ0) is 14.6. The van der Waals surface area contributed by atoms with Crippen molar-refractivity contribution >= 4 is 16.6 Å². The summed E-state index contributed by atoms with van der Waals surface area (Å²) in [5.41, 5.74) is 3.03. The summed E-state index contributed by atoms with van der Waals surface area (Å²) in [5.74, 6) is 0.568. The molecule has 0 aliphatic carbocycles. The van der Waals surface area contributed by atoms with E-state index in [1.54, 1.807) is 17.8 Å². The molecule has 0 spiro atoms. The van der Waals surface area contributed by atoms with Crippen LogP contribution in [0, 0.1) is 6.92 Å². The Balaban J connectivity index is 2.11. The Morgan fingerprint density at radius 3 is 2.86 bits per heavy atom. The lowest BCUT2D eigenvalue weighted by atomic mass is 10.1. The number of rotatable bonds is 1. The van der Waals surface area contributed by atoms with E-state index >= 15 is 0 Å². The number of aryl methyl sites for hydroxylation is 2. The molecule has 0 aliphatic rings. The van der Waals surface area contributed by atoms with Crippen LogP contribution in [0.25, 0.3) is 27.8 Å². The third-order valence-electron chi connectivity index (χ3n) is 3.52. The van der Waals surface area contributed by atoms with Crippen LogP contribution in [-0.2, 0) is 7.05 Å². The lowest BCUT2D eigenvalue weighted by Gasteiger charge is -2.05. The van der Waals surface area contributed by atoms with Crippen LogP contribution in [0.3, 0.4) is 0 Å². The number of H-pyrrole nitrogens is 1. The lowest BCUT2D eigenvalue weighted by molar-refractivity contribution is 0.776. The van der Waals surface area contributed by atoms with Gasteiger partial charge in [-0.25, -0.2) is 9.78 Å². The van der Waals surface area contributed by atoms with Gasteiger partial charge < -0.3 is 4.98 Å². The normalized spacial score (nSPS) is 11.5. The molecule has 7 heteroatoms. The van der Waals surface area contributed by atoms with E-state index in [0.717, 1.165) is 22.2 Å². The highest BCUT2D eigenvalue weighted by Gasteiger charge is 2.11. The Morgan fingerprint density at radius 1 is 1.24 bits per heavy atom. The van der Waals surface area contributed by atoms with Crippen molar-refractivity contribution in [2.24, 2.45) is 7.05 Å². The van der Waals surface area contributed by atoms with Gasteiger partial charge in [-0.3, -0.25) is 4.68 Å². The average Bonchev–Trinajstić information content (AvgIpc) is 3.05. The number of hydrogen-bond acceptors (Lipinski definition) is 4. The largest absolute Gasteiger partial charge is 0.348 e. The molecule has 0 saturated carbocycles. The third kappa shape index (κ3) is 1.67. The number of aromatic nitrogens is 6. The minimum absolute atomic E-state index is 0.286. The van der Waals surface area contributed by atoms with Crippen molar-refractivity contribution in [3.05, 3.63) is 46.8 Å². The van der Waals surface area contributed by atoms with Gasteiger partial charge in [-0.05, 0) is 25.1 Å². The first-order valence-corrected chi connectivity index (χ1v) is 6.51. The zero-order valence-electron chi connectivity index (χ0n) is 11.5. The Morgan fingerprint density at radius 2 is 2.10 bits per heavy atom. The molecule has 0 aliphatic heterocycles. The zero-order valence-corrected chi connectivity index (χ0v) is 11.5. The van der Waals surface area contributed by atoms with Gasteiger partial charge in [0.25, 0.3) is 0 Å². The molecule has 0 bridgehead atoms. The van der Waals surface area contributed by atoms with Crippen LogP contribution in [0.15, 0.2) is 35.3 Å². The second kappa shape index (κ2) is 4.02. The van der Waals surface area contributed by atoms with Crippen LogP contribution in [0.4, 0.5) is 0 Å². The molecule has 1 aromatic carbocycles.